The van der Waals surface area contributed by atoms with Crippen molar-refractivity contribution in [2.45, 2.75) is 51.6 Å². The van der Waals surface area contributed by atoms with E-state index in [1.165, 1.54) is 0 Å². The van der Waals surface area contributed by atoms with Crippen LogP contribution < -0.4 is 0 Å². The second-order valence-corrected chi connectivity index (χ2v) is 4.26. The van der Waals surface area contributed by atoms with Gasteiger partial charge in [-0.25, -0.2) is 4.79 Å². The third kappa shape index (κ3) is 6.00. The average Bonchev–Trinajstić information content (AvgIpc) is 2.21. The number of carboxylic acid groups (broad SMARTS) is 1. The maximum absolute atomic E-state index is 11.0. The molecule has 4 heteroatoms. The predicted octanol–water partition coefficient (Wildman–Crippen LogP) is 3.06. The largest absolute Gasteiger partial charge is 0.479 e. The van der Waals surface area contributed by atoms with Crippen LogP contribution in [0.1, 0.15) is 46.0 Å². The van der Waals surface area contributed by atoms with Gasteiger partial charge in [0.05, 0.1) is 6.61 Å². The average molecular weight is 237 g/mol. The van der Waals surface area contributed by atoms with Gasteiger partial charge in [-0.3, -0.25) is 0 Å². The van der Waals surface area contributed by atoms with E-state index in [0.717, 1.165) is 25.7 Å². The van der Waals surface area contributed by atoms with Crippen molar-refractivity contribution in [2.75, 3.05) is 12.5 Å². The molecule has 0 fully saturated rings. The molecule has 0 aromatic carbocycles. The zero-order valence-corrected chi connectivity index (χ0v) is 10.3. The Labute approximate surface area is 96.8 Å². The van der Waals surface area contributed by atoms with Crippen molar-refractivity contribution >= 4 is 17.6 Å². The molecule has 3 nitrogen and oxygen atoms in total. The lowest BCUT2D eigenvalue weighted by Gasteiger charge is -2.24. The van der Waals surface area contributed by atoms with Gasteiger partial charge >= 0.3 is 5.97 Å². The van der Waals surface area contributed by atoms with Gasteiger partial charge in [-0.1, -0.05) is 26.2 Å². The van der Waals surface area contributed by atoms with Crippen molar-refractivity contribution in [3.05, 3.63) is 0 Å². The summed E-state index contributed by atoms with van der Waals surface area (Å²) < 4.78 is 5.29. The molecular formula is C11H21ClO3. The summed E-state index contributed by atoms with van der Waals surface area (Å²) in [6.07, 6.45) is 4.79. The number of rotatable bonds is 9. The Bertz CT molecular complexity index is 185. The molecule has 0 amide bonds. The summed E-state index contributed by atoms with van der Waals surface area (Å²) in [5, 5.41) is 9.05. The summed E-state index contributed by atoms with van der Waals surface area (Å²) >= 11 is 5.48. The van der Waals surface area contributed by atoms with Crippen molar-refractivity contribution in [3.63, 3.8) is 0 Å². The summed E-state index contributed by atoms with van der Waals surface area (Å²) in [6.45, 7) is 4.03. The minimum atomic E-state index is -1.07. The maximum atomic E-state index is 11.0. The van der Waals surface area contributed by atoms with Gasteiger partial charge in [-0.05, 0) is 19.8 Å². The van der Waals surface area contributed by atoms with Crippen molar-refractivity contribution in [3.8, 4) is 0 Å². The normalized spacial score (nSPS) is 14.9. The number of ether oxygens (including phenoxy) is 1. The van der Waals surface area contributed by atoms with Gasteiger partial charge in [0.1, 0.15) is 0 Å². The fourth-order valence-corrected chi connectivity index (χ4v) is 1.47. The Hall–Kier alpha value is -0.280. The number of hydrogen-bond donors (Lipinski definition) is 1. The van der Waals surface area contributed by atoms with E-state index < -0.39 is 11.6 Å². The van der Waals surface area contributed by atoms with Crippen LogP contribution in [0.3, 0.4) is 0 Å². The highest BCUT2D eigenvalue weighted by Gasteiger charge is 2.33. The molecule has 0 aliphatic heterocycles. The lowest BCUT2D eigenvalue weighted by Crippen LogP contribution is -2.38. The lowest BCUT2D eigenvalue weighted by molar-refractivity contribution is -0.164. The number of aliphatic carboxylic acids is 1. The highest BCUT2D eigenvalue weighted by molar-refractivity contribution is 6.17. The Kier molecular flexibility index (Phi) is 7.79. The molecule has 0 bridgehead atoms. The van der Waals surface area contributed by atoms with Gasteiger partial charge in [0.2, 0.25) is 0 Å². The molecule has 0 spiro atoms. The molecule has 0 aromatic rings. The molecule has 0 saturated heterocycles. The third-order valence-corrected chi connectivity index (χ3v) is 2.61. The van der Waals surface area contributed by atoms with Crippen LogP contribution in [-0.2, 0) is 9.53 Å². The zero-order chi connectivity index (χ0) is 11.7. The number of hydrogen-bond acceptors (Lipinski definition) is 2. The summed E-state index contributed by atoms with van der Waals surface area (Å²) in [5.41, 5.74) is -1.07. The first-order valence-corrected chi connectivity index (χ1v) is 6.03. The standard InChI is InChI=1S/C11H21ClO3/c1-3-4-5-6-7-11(2,10(13)14)15-9-8-12/h3-9H2,1-2H3,(H,13,14). The molecule has 0 radical (unpaired) electrons. The second-order valence-electron chi connectivity index (χ2n) is 3.88. The van der Waals surface area contributed by atoms with Gasteiger partial charge < -0.3 is 9.84 Å². The second kappa shape index (κ2) is 7.94. The van der Waals surface area contributed by atoms with Gasteiger partial charge in [-0.15, -0.1) is 11.6 Å². The number of unbranched alkanes of at least 4 members (excludes halogenated alkanes) is 3. The first kappa shape index (κ1) is 14.7. The summed E-state index contributed by atoms with van der Waals surface area (Å²) in [4.78, 5) is 11.0. The molecule has 0 saturated carbocycles. The molecule has 0 aliphatic rings. The maximum Gasteiger partial charge on any atom is 0.335 e. The number of halogens is 1. The fourth-order valence-electron chi connectivity index (χ4n) is 1.39. The quantitative estimate of drug-likeness (QED) is 0.494. The van der Waals surface area contributed by atoms with Crippen molar-refractivity contribution in [1.82, 2.24) is 0 Å². The van der Waals surface area contributed by atoms with Gasteiger partial charge in [0.15, 0.2) is 5.60 Å². The van der Waals surface area contributed by atoms with E-state index >= 15 is 0 Å². The number of carboxylic acids is 1. The Morgan fingerprint density at radius 3 is 2.53 bits per heavy atom. The molecule has 1 unspecified atom stereocenters. The molecule has 1 atom stereocenters. The molecule has 0 heterocycles. The summed E-state index contributed by atoms with van der Waals surface area (Å²) in [7, 11) is 0. The van der Waals surface area contributed by atoms with Gasteiger partial charge in [-0.2, -0.15) is 0 Å². The van der Waals surface area contributed by atoms with Gasteiger partial charge in [0, 0.05) is 5.88 Å². The van der Waals surface area contributed by atoms with E-state index in [1.807, 2.05) is 0 Å². The molecular weight excluding hydrogens is 216 g/mol. The van der Waals surface area contributed by atoms with E-state index in [1.54, 1.807) is 6.92 Å². The topological polar surface area (TPSA) is 46.5 Å². The monoisotopic (exact) mass is 236 g/mol. The van der Waals surface area contributed by atoms with Crippen LogP contribution in [0.2, 0.25) is 0 Å². The molecule has 15 heavy (non-hydrogen) atoms. The van der Waals surface area contributed by atoms with Crippen LogP contribution in [0.25, 0.3) is 0 Å². The van der Waals surface area contributed by atoms with Crippen LogP contribution in [0.4, 0.5) is 0 Å². The van der Waals surface area contributed by atoms with Crippen LogP contribution in [0.5, 0.6) is 0 Å². The number of alkyl halides is 1. The van der Waals surface area contributed by atoms with Crippen LogP contribution in [0.15, 0.2) is 0 Å². The van der Waals surface area contributed by atoms with Crippen LogP contribution in [0, 0.1) is 0 Å². The summed E-state index contributed by atoms with van der Waals surface area (Å²) in [6, 6.07) is 0. The first-order valence-electron chi connectivity index (χ1n) is 5.50. The van der Waals surface area contributed by atoms with Crippen molar-refractivity contribution in [1.29, 1.82) is 0 Å². The molecule has 0 rings (SSSR count). The molecule has 0 aliphatic carbocycles. The first-order chi connectivity index (χ1) is 7.06. The smallest absolute Gasteiger partial charge is 0.335 e. The number of carbonyl (C=O) groups is 1. The Morgan fingerprint density at radius 1 is 1.40 bits per heavy atom. The molecule has 1 N–H and O–H groups in total. The minimum absolute atomic E-state index is 0.290. The predicted molar refractivity (Wildman–Crippen MR) is 61.5 cm³/mol. The van der Waals surface area contributed by atoms with E-state index in [-0.39, 0.29) is 6.61 Å². The molecule has 0 aromatic heterocycles. The van der Waals surface area contributed by atoms with Crippen molar-refractivity contribution < 1.29 is 14.6 Å². The summed E-state index contributed by atoms with van der Waals surface area (Å²) in [5.74, 6) is -0.568. The SMILES string of the molecule is CCCCCCC(C)(OCCCl)C(=O)O. The zero-order valence-electron chi connectivity index (χ0n) is 9.59. The van der Waals surface area contributed by atoms with E-state index in [0.29, 0.717) is 12.3 Å². The third-order valence-electron chi connectivity index (χ3n) is 2.46. The van der Waals surface area contributed by atoms with Gasteiger partial charge in [0.25, 0.3) is 0 Å². The van der Waals surface area contributed by atoms with Crippen LogP contribution in [-0.4, -0.2) is 29.2 Å². The van der Waals surface area contributed by atoms with E-state index in [2.05, 4.69) is 6.92 Å². The fraction of sp³-hybridized carbons (Fsp3) is 0.909. The lowest BCUT2D eigenvalue weighted by atomic mass is 9.98. The van der Waals surface area contributed by atoms with E-state index in [4.69, 9.17) is 21.4 Å². The highest BCUT2D eigenvalue weighted by Crippen LogP contribution is 2.20. The Morgan fingerprint density at radius 2 is 2.07 bits per heavy atom. The minimum Gasteiger partial charge on any atom is -0.479 e. The molecule has 90 valence electrons. The van der Waals surface area contributed by atoms with Crippen molar-refractivity contribution in [2.24, 2.45) is 0 Å². The van der Waals surface area contributed by atoms with E-state index in [9.17, 15) is 4.79 Å². The van der Waals surface area contributed by atoms with Crippen LogP contribution >= 0.6 is 11.6 Å². The Balaban J connectivity index is 3.96. The highest BCUT2D eigenvalue weighted by atomic mass is 35.5.